The van der Waals surface area contributed by atoms with Gasteiger partial charge in [0.1, 0.15) is 12.4 Å². The first-order valence-corrected chi connectivity index (χ1v) is 4.38. The number of cyclic esters (lactones) is 1. The van der Waals surface area contributed by atoms with Gasteiger partial charge >= 0.3 is 6.09 Å². The molecule has 0 saturated heterocycles. The SMILES string of the molecule is O=C1Nc2cc(F)c(Br)cc2CO1. The molecule has 1 aliphatic heterocycles. The van der Waals surface area contributed by atoms with Crippen molar-refractivity contribution in [3.05, 3.63) is 28.0 Å². The number of fused-ring (bicyclic) bond motifs is 1. The minimum atomic E-state index is -0.547. The summed E-state index contributed by atoms with van der Waals surface area (Å²) in [6.45, 7) is 0.181. The molecule has 13 heavy (non-hydrogen) atoms. The van der Waals surface area contributed by atoms with Gasteiger partial charge in [-0.15, -0.1) is 0 Å². The predicted molar refractivity (Wildman–Crippen MR) is 47.9 cm³/mol. The summed E-state index contributed by atoms with van der Waals surface area (Å²) in [4.78, 5) is 10.8. The Bertz CT molecular complexity index is 381. The smallest absolute Gasteiger partial charge is 0.411 e. The topological polar surface area (TPSA) is 38.3 Å². The molecule has 68 valence electrons. The zero-order valence-corrected chi connectivity index (χ0v) is 8.02. The van der Waals surface area contributed by atoms with E-state index in [2.05, 4.69) is 21.2 Å². The molecule has 0 spiro atoms. The molecule has 1 aromatic carbocycles. The van der Waals surface area contributed by atoms with Crippen molar-refractivity contribution >= 4 is 27.7 Å². The number of nitrogens with one attached hydrogen (secondary N) is 1. The second-order valence-corrected chi connectivity index (χ2v) is 3.48. The van der Waals surface area contributed by atoms with Crippen LogP contribution in [-0.4, -0.2) is 6.09 Å². The highest BCUT2D eigenvalue weighted by molar-refractivity contribution is 9.10. The number of ether oxygens (including phenoxy) is 1. The molecule has 1 amide bonds. The van der Waals surface area contributed by atoms with Crippen molar-refractivity contribution in [2.24, 2.45) is 0 Å². The fraction of sp³-hybridized carbons (Fsp3) is 0.125. The molecule has 0 atom stereocenters. The number of anilines is 1. The van der Waals surface area contributed by atoms with Crippen LogP contribution in [0.4, 0.5) is 14.9 Å². The highest BCUT2D eigenvalue weighted by atomic mass is 79.9. The van der Waals surface area contributed by atoms with E-state index in [-0.39, 0.29) is 6.61 Å². The number of halogens is 2. The normalized spacial score (nSPS) is 14.5. The van der Waals surface area contributed by atoms with E-state index in [4.69, 9.17) is 4.74 Å². The third kappa shape index (κ3) is 1.51. The highest BCUT2D eigenvalue weighted by Gasteiger charge is 2.17. The zero-order valence-electron chi connectivity index (χ0n) is 6.43. The summed E-state index contributed by atoms with van der Waals surface area (Å²) in [5, 5.41) is 2.41. The van der Waals surface area contributed by atoms with Crippen molar-refractivity contribution in [3.63, 3.8) is 0 Å². The molecule has 0 bridgehead atoms. The number of benzene rings is 1. The third-order valence-corrected chi connectivity index (χ3v) is 2.35. The van der Waals surface area contributed by atoms with Gasteiger partial charge in [-0.1, -0.05) is 0 Å². The van der Waals surface area contributed by atoms with E-state index in [9.17, 15) is 9.18 Å². The molecule has 0 unspecified atom stereocenters. The average molecular weight is 246 g/mol. The van der Waals surface area contributed by atoms with Gasteiger partial charge in [-0.3, -0.25) is 5.32 Å². The Morgan fingerprint density at radius 3 is 3.08 bits per heavy atom. The van der Waals surface area contributed by atoms with Crippen LogP contribution in [0.15, 0.2) is 16.6 Å². The molecule has 0 saturated carbocycles. The van der Waals surface area contributed by atoms with Crippen LogP contribution in [0, 0.1) is 5.82 Å². The van der Waals surface area contributed by atoms with Crippen LogP contribution < -0.4 is 5.32 Å². The number of carbonyl (C=O) groups is 1. The van der Waals surface area contributed by atoms with Crippen molar-refractivity contribution in [3.8, 4) is 0 Å². The average Bonchev–Trinajstić information content (AvgIpc) is 2.08. The van der Waals surface area contributed by atoms with Gasteiger partial charge in [0.15, 0.2) is 0 Å². The van der Waals surface area contributed by atoms with Crippen molar-refractivity contribution in [1.29, 1.82) is 0 Å². The quantitative estimate of drug-likeness (QED) is 0.764. The van der Waals surface area contributed by atoms with E-state index in [1.165, 1.54) is 6.07 Å². The fourth-order valence-electron chi connectivity index (χ4n) is 1.11. The Labute approximate surface area is 82.0 Å². The standard InChI is InChI=1S/C8H5BrFNO2/c9-5-1-4-3-13-8(12)11-7(4)2-6(5)10/h1-2H,3H2,(H,11,12). The van der Waals surface area contributed by atoms with E-state index in [1.54, 1.807) is 6.07 Å². The molecule has 0 aliphatic carbocycles. The van der Waals surface area contributed by atoms with E-state index in [1.807, 2.05) is 0 Å². The van der Waals surface area contributed by atoms with Crippen LogP contribution in [-0.2, 0) is 11.3 Å². The maximum atomic E-state index is 13.0. The number of rotatable bonds is 0. The van der Waals surface area contributed by atoms with E-state index >= 15 is 0 Å². The molecule has 1 aromatic rings. The second-order valence-electron chi connectivity index (χ2n) is 2.62. The monoisotopic (exact) mass is 245 g/mol. The summed E-state index contributed by atoms with van der Waals surface area (Å²) in [5.74, 6) is -0.402. The van der Waals surface area contributed by atoms with Crippen LogP contribution >= 0.6 is 15.9 Å². The van der Waals surface area contributed by atoms with Crippen LogP contribution in [0.3, 0.4) is 0 Å². The first-order chi connectivity index (χ1) is 6.16. The lowest BCUT2D eigenvalue weighted by Crippen LogP contribution is -2.20. The lowest BCUT2D eigenvalue weighted by atomic mass is 10.1. The number of carbonyl (C=O) groups excluding carboxylic acids is 1. The molecule has 5 heteroatoms. The molecule has 3 nitrogen and oxygen atoms in total. The molecule has 0 aromatic heterocycles. The molecule has 0 fully saturated rings. The maximum Gasteiger partial charge on any atom is 0.411 e. The summed E-state index contributed by atoms with van der Waals surface area (Å²) >= 11 is 3.05. The van der Waals surface area contributed by atoms with E-state index in [0.717, 1.165) is 5.56 Å². The lowest BCUT2D eigenvalue weighted by Gasteiger charge is -2.17. The first-order valence-electron chi connectivity index (χ1n) is 3.58. The van der Waals surface area contributed by atoms with E-state index in [0.29, 0.717) is 10.2 Å². The van der Waals surface area contributed by atoms with Crippen LogP contribution in [0.5, 0.6) is 0 Å². The molecule has 0 radical (unpaired) electrons. The van der Waals surface area contributed by atoms with Crippen molar-refractivity contribution in [1.82, 2.24) is 0 Å². The molecular weight excluding hydrogens is 241 g/mol. The van der Waals surface area contributed by atoms with Gasteiger partial charge in [0, 0.05) is 5.56 Å². The van der Waals surface area contributed by atoms with E-state index < -0.39 is 11.9 Å². The minimum Gasteiger partial charge on any atom is -0.444 e. The summed E-state index contributed by atoms with van der Waals surface area (Å²) < 4.78 is 18.1. The van der Waals surface area contributed by atoms with Gasteiger partial charge in [0.25, 0.3) is 0 Å². The maximum absolute atomic E-state index is 13.0. The largest absolute Gasteiger partial charge is 0.444 e. The van der Waals surface area contributed by atoms with Gasteiger partial charge in [0.2, 0.25) is 0 Å². The Kier molecular flexibility index (Phi) is 1.95. The zero-order chi connectivity index (χ0) is 9.42. The van der Waals surface area contributed by atoms with Gasteiger partial charge in [-0.05, 0) is 28.1 Å². The van der Waals surface area contributed by atoms with Crippen LogP contribution in [0.2, 0.25) is 0 Å². The molecule has 1 aliphatic rings. The Morgan fingerprint density at radius 1 is 1.54 bits per heavy atom. The Morgan fingerprint density at radius 2 is 2.31 bits per heavy atom. The van der Waals surface area contributed by atoms with Crippen LogP contribution in [0.25, 0.3) is 0 Å². The summed E-state index contributed by atoms with van der Waals surface area (Å²) in [5.41, 5.74) is 1.23. The molecule has 2 rings (SSSR count). The van der Waals surface area contributed by atoms with Crippen LogP contribution in [0.1, 0.15) is 5.56 Å². The number of hydrogen-bond donors (Lipinski definition) is 1. The van der Waals surface area contributed by atoms with Gasteiger partial charge < -0.3 is 4.74 Å². The molecule has 1 N–H and O–H groups in total. The first kappa shape index (κ1) is 8.50. The minimum absolute atomic E-state index is 0.181. The Hall–Kier alpha value is -1.10. The number of amides is 1. The van der Waals surface area contributed by atoms with Gasteiger partial charge in [-0.2, -0.15) is 0 Å². The third-order valence-electron chi connectivity index (χ3n) is 1.74. The van der Waals surface area contributed by atoms with Gasteiger partial charge in [-0.25, -0.2) is 9.18 Å². The fourth-order valence-corrected chi connectivity index (χ4v) is 1.50. The lowest BCUT2D eigenvalue weighted by molar-refractivity contribution is 0.151. The summed E-state index contributed by atoms with van der Waals surface area (Å²) in [6.07, 6.45) is -0.547. The summed E-state index contributed by atoms with van der Waals surface area (Å²) in [7, 11) is 0. The molecular formula is C8H5BrFNO2. The highest BCUT2D eigenvalue weighted by Crippen LogP contribution is 2.27. The second kappa shape index (κ2) is 2.99. The van der Waals surface area contributed by atoms with Crippen molar-refractivity contribution in [2.75, 3.05) is 5.32 Å². The van der Waals surface area contributed by atoms with Crippen molar-refractivity contribution < 1.29 is 13.9 Å². The van der Waals surface area contributed by atoms with Gasteiger partial charge in [0.05, 0.1) is 10.2 Å². The molecule has 1 heterocycles. The van der Waals surface area contributed by atoms with Crippen molar-refractivity contribution in [2.45, 2.75) is 6.61 Å². The Balaban J connectivity index is 2.49. The number of hydrogen-bond acceptors (Lipinski definition) is 2. The predicted octanol–water partition coefficient (Wildman–Crippen LogP) is 2.65. The summed E-state index contributed by atoms with van der Waals surface area (Å²) in [6, 6.07) is 2.85.